The summed E-state index contributed by atoms with van der Waals surface area (Å²) in [6, 6.07) is 0. The number of methoxy groups -OCH3 is 1. The van der Waals surface area contributed by atoms with Crippen LogP contribution in [0.5, 0.6) is 0 Å². The summed E-state index contributed by atoms with van der Waals surface area (Å²) in [6.07, 6.45) is 5.38. The molecule has 2 atom stereocenters. The summed E-state index contributed by atoms with van der Waals surface area (Å²) in [5.74, 6) is 2.89. The van der Waals surface area contributed by atoms with Gasteiger partial charge in [-0.3, -0.25) is 0 Å². The van der Waals surface area contributed by atoms with Crippen molar-refractivity contribution in [3.05, 3.63) is 0 Å². The molecule has 0 aromatic heterocycles. The van der Waals surface area contributed by atoms with Crippen LogP contribution in [0.3, 0.4) is 0 Å². The lowest BCUT2D eigenvalue weighted by Gasteiger charge is -2.27. The van der Waals surface area contributed by atoms with Crippen LogP contribution in [0, 0.1) is 17.3 Å². The Balaban J connectivity index is 1.87. The van der Waals surface area contributed by atoms with Gasteiger partial charge in [-0.25, -0.2) is 0 Å². The number of rotatable bonds is 4. The fraction of sp³-hybridized carbons (Fsp3) is 1.00. The molecule has 0 aliphatic heterocycles. The van der Waals surface area contributed by atoms with E-state index in [1.165, 1.54) is 25.7 Å². The molecule has 2 aliphatic rings. The molecule has 2 rings (SSSR count). The fourth-order valence-electron chi connectivity index (χ4n) is 2.70. The van der Waals surface area contributed by atoms with Gasteiger partial charge in [-0.05, 0) is 42.9 Å². The van der Waals surface area contributed by atoms with Gasteiger partial charge in [0, 0.05) is 19.6 Å². The lowest BCUT2D eigenvalue weighted by atomic mass is 9.82. The second-order valence-electron chi connectivity index (χ2n) is 4.54. The minimum Gasteiger partial charge on any atom is -0.385 e. The average Bonchev–Trinajstić information content (AvgIpc) is 2.72. The second kappa shape index (κ2) is 3.19. The summed E-state index contributed by atoms with van der Waals surface area (Å²) in [6.45, 7) is 0.881. The van der Waals surface area contributed by atoms with E-state index in [2.05, 4.69) is 0 Å². The van der Waals surface area contributed by atoms with Gasteiger partial charge >= 0.3 is 0 Å². The van der Waals surface area contributed by atoms with Gasteiger partial charge in [-0.2, -0.15) is 0 Å². The highest BCUT2D eigenvalue weighted by Crippen LogP contribution is 2.61. The standard InChI is InChI=1S/C10H17ClO/c1-12-3-2-10(7-11)5-8-4-9(8)6-10/h8-9H,2-7H2,1H3. The molecule has 2 heteroatoms. The minimum absolute atomic E-state index is 0.450. The van der Waals surface area contributed by atoms with Crippen molar-refractivity contribution in [2.75, 3.05) is 19.6 Å². The molecular weight excluding hydrogens is 172 g/mol. The molecule has 0 N–H and O–H groups in total. The van der Waals surface area contributed by atoms with Crippen molar-refractivity contribution in [1.29, 1.82) is 0 Å². The zero-order chi connectivity index (χ0) is 8.60. The predicted molar refractivity (Wildman–Crippen MR) is 50.5 cm³/mol. The maximum Gasteiger partial charge on any atom is 0.0467 e. The molecule has 1 nitrogen and oxygen atoms in total. The smallest absolute Gasteiger partial charge is 0.0467 e. The number of halogens is 1. The van der Waals surface area contributed by atoms with Gasteiger partial charge in [0.15, 0.2) is 0 Å². The molecule has 2 saturated carbocycles. The summed E-state index contributed by atoms with van der Waals surface area (Å²) in [5, 5.41) is 0. The van der Waals surface area contributed by atoms with Crippen LogP contribution in [0.25, 0.3) is 0 Å². The lowest BCUT2D eigenvalue weighted by Crippen LogP contribution is -2.22. The van der Waals surface area contributed by atoms with Crippen molar-refractivity contribution in [2.45, 2.75) is 25.7 Å². The first kappa shape index (κ1) is 8.83. The summed E-state index contributed by atoms with van der Waals surface area (Å²) in [7, 11) is 1.78. The van der Waals surface area contributed by atoms with Crippen LogP contribution in [0.15, 0.2) is 0 Å². The van der Waals surface area contributed by atoms with Gasteiger partial charge in [0.25, 0.3) is 0 Å². The van der Waals surface area contributed by atoms with Gasteiger partial charge in [0.05, 0.1) is 0 Å². The van der Waals surface area contributed by atoms with Crippen LogP contribution >= 0.6 is 11.6 Å². The van der Waals surface area contributed by atoms with Crippen LogP contribution in [-0.4, -0.2) is 19.6 Å². The molecule has 0 radical (unpaired) electrons. The maximum atomic E-state index is 6.03. The molecule has 2 unspecified atom stereocenters. The van der Waals surface area contributed by atoms with Crippen molar-refractivity contribution in [2.24, 2.45) is 17.3 Å². The molecule has 0 aromatic carbocycles. The summed E-state index contributed by atoms with van der Waals surface area (Å²) >= 11 is 6.03. The molecule has 0 heterocycles. The molecular formula is C10H17ClO. The Morgan fingerprint density at radius 2 is 2.08 bits per heavy atom. The zero-order valence-corrected chi connectivity index (χ0v) is 8.44. The average molecular weight is 189 g/mol. The number of alkyl halides is 1. The van der Waals surface area contributed by atoms with Crippen molar-refractivity contribution < 1.29 is 4.74 Å². The lowest BCUT2D eigenvalue weighted by molar-refractivity contribution is 0.141. The Labute approximate surface area is 79.4 Å². The Kier molecular flexibility index (Phi) is 2.35. The van der Waals surface area contributed by atoms with E-state index >= 15 is 0 Å². The van der Waals surface area contributed by atoms with Crippen LogP contribution < -0.4 is 0 Å². The minimum atomic E-state index is 0.450. The third-order valence-corrected chi connectivity index (χ3v) is 4.15. The van der Waals surface area contributed by atoms with E-state index in [1.54, 1.807) is 7.11 Å². The van der Waals surface area contributed by atoms with E-state index in [4.69, 9.17) is 16.3 Å². The van der Waals surface area contributed by atoms with Gasteiger partial charge in [-0.15, -0.1) is 11.6 Å². The quantitative estimate of drug-likeness (QED) is 0.617. The van der Waals surface area contributed by atoms with E-state index in [0.29, 0.717) is 5.41 Å². The molecule has 0 saturated heterocycles. The third-order valence-electron chi connectivity index (χ3n) is 3.58. The van der Waals surface area contributed by atoms with Crippen LogP contribution in [0.4, 0.5) is 0 Å². The first-order chi connectivity index (χ1) is 5.79. The Hall–Kier alpha value is 0.250. The van der Waals surface area contributed by atoms with E-state index in [-0.39, 0.29) is 0 Å². The number of ether oxygens (including phenoxy) is 1. The zero-order valence-electron chi connectivity index (χ0n) is 7.68. The monoisotopic (exact) mass is 188 g/mol. The topological polar surface area (TPSA) is 9.23 Å². The van der Waals surface area contributed by atoms with Crippen molar-refractivity contribution in [3.8, 4) is 0 Å². The largest absolute Gasteiger partial charge is 0.385 e. The summed E-state index contributed by atoms with van der Waals surface area (Å²) in [5.41, 5.74) is 0.450. The van der Waals surface area contributed by atoms with E-state index in [0.717, 1.165) is 24.3 Å². The number of hydrogen-bond acceptors (Lipinski definition) is 1. The predicted octanol–water partition coefficient (Wildman–Crippen LogP) is 2.68. The normalized spacial score (nSPS) is 44.5. The SMILES string of the molecule is COCCC1(CCl)CC2CC2C1. The molecule has 12 heavy (non-hydrogen) atoms. The molecule has 70 valence electrons. The molecule has 0 spiro atoms. The molecule has 0 bridgehead atoms. The Bertz CT molecular complexity index is 159. The van der Waals surface area contributed by atoms with Crippen LogP contribution in [-0.2, 0) is 4.74 Å². The highest BCUT2D eigenvalue weighted by molar-refractivity contribution is 6.18. The van der Waals surface area contributed by atoms with Crippen molar-refractivity contribution in [1.82, 2.24) is 0 Å². The summed E-state index contributed by atoms with van der Waals surface area (Å²) < 4.78 is 5.12. The van der Waals surface area contributed by atoms with Crippen molar-refractivity contribution in [3.63, 3.8) is 0 Å². The highest BCUT2D eigenvalue weighted by atomic mass is 35.5. The number of hydrogen-bond donors (Lipinski definition) is 0. The number of fused-ring (bicyclic) bond motifs is 1. The van der Waals surface area contributed by atoms with E-state index in [1.807, 2.05) is 0 Å². The molecule has 0 amide bonds. The molecule has 2 aliphatic carbocycles. The van der Waals surface area contributed by atoms with Gasteiger partial charge in [-0.1, -0.05) is 0 Å². The summed E-state index contributed by atoms with van der Waals surface area (Å²) in [4.78, 5) is 0. The van der Waals surface area contributed by atoms with Gasteiger partial charge < -0.3 is 4.74 Å². The van der Waals surface area contributed by atoms with Gasteiger partial charge in [0.2, 0.25) is 0 Å². The van der Waals surface area contributed by atoms with Crippen LogP contribution in [0.1, 0.15) is 25.7 Å². The Morgan fingerprint density at radius 3 is 2.58 bits per heavy atom. The Morgan fingerprint density at radius 1 is 1.42 bits per heavy atom. The van der Waals surface area contributed by atoms with E-state index in [9.17, 15) is 0 Å². The molecule has 2 fully saturated rings. The second-order valence-corrected chi connectivity index (χ2v) is 4.81. The van der Waals surface area contributed by atoms with Gasteiger partial charge in [0.1, 0.15) is 0 Å². The fourth-order valence-corrected chi connectivity index (χ4v) is 3.06. The third kappa shape index (κ3) is 1.49. The molecule has 0 aromatic rings. The first-order valence-electron chi connectivity index (χ1n) is 4.84. The first-order valence-corrected chi connectivity index (χ1v) is 5.38. The van der Waals surface area contributed by atoms with Crippen molar-refractivity contribution >= 4 is 11.6 Å². The van der Waals surface area contributed by atoms with Crippen LogP contribution in [0.2, 0.25) is 0 Å². The highest BCUT2D eigenvalue weighted by Gasteiger charge is 2.52. The maximum absolute atomic E-state index is 6.03. The van der Waals surface area contributed by atoms with E-state index < -0.39 is 0 Å².